The van der Waals surface area contributed by atoms with Gasteiger partial charge in [0.2, 0.25) is 29.5 Å². The molecule has 2 aliphatic rings. The highest BCUT2D eigenvalue weighted by Gasteiger charge is 2.46. The zero-order valence-electron chi connectivity index (χ0n) is 52.4. The lowest BCUT2D eigenvalue weighted by atomic mass is 9.89. The number of nitrogens with one attached hydrogen (secondary N) is 8. The summed E-state index contributed by atoms with van der Waals surface area (Å²) in [5.74, 6) is -7.66. The van der Waals surface area contributed by atoms with E-state index in [1.807, 2.05) is 0 Å². The number of ether oxygens (including phenoxy) is 2. The molecule has 3 aromatic rings. The van der Waals surface area contributed by atoms with E-state index in [-0.39, 0.29) is 161 Å². The molecule has 3 aromatic carbocycles. The molecule has 2 heterocycles. The fraction of sp³-hybridized carbons (Fsp3) is 0.525. The third-order valence-corrected chi connectivity index (χ3v) is 15.0. The van der Waals surface area contributed by atoms with Gasteiger partial charge in [-0.05, 0) is 53.8 Å². The second kappa shape index (κ2) is 40.2. The van der Waals surface area contributed by atoms with Gasteiger partial charge >= 0.3 is 23.9 Å². The van der Waals surface area contributed by atoms with Crippen molar-refractivity contribution >= 4 is 71.0 Å². The van der Waals surface area contributed by atoms with Crippen LogP contribution in [0.25, 0.3) is 0 Å². The number of benzene rings is 3. The Hall–Kier alpha value is -8.93. The van der Waals surface area contributed by atoms with Gasteiger partial charge in [0.1, 0.15) is 36.2 Å². The molecule has 33 nitrogen and oxygen atoms in total. The number of amides is 8. The Morgan fingerprint density at radius 1 is 0.606 bits per heavy atom. The molecule has 0 saturated carbocycles. The van der Waals surface area contributed by atoms with Crippen LogP contribution in [0, 0.1) is 0 Å². The smallest absolute Gasteiger partial charge is 0.344 e. The first-order valence-corrected chi connectivity index (χ1v) is 30.8. The average molecular weight is 1320 g/mol. The van der Waals surface area contributed by atoms with Crippen LogP contribution in [-0.4, -0.2) is 282 Å². The molecule has 2 saturated heterocycles. The topological polar surface area (TPSA) is 478 Å². The minimum atomic E-state index is -1.88. The van der Waals surface area contributed by atoms with Crippen molar-refractivity contribution in [3.63, 3.8) is 0 Å². The number of phenols is 1. The number of hydrogen-bond acceptors (Lipinski definition) is 20. The van der Waals surface area contributed by atoms with E-state index < -0.39 is 102 Å². The second-order valence-electron chi connectivity index (χ2n) is 22.3. The first-order chi connectivity index (χ1) is 45.0. The number of carbonyl (C=O) groups excluding carboxylic acids is 7. The lowest BCUT2D eigenvalue weighted by Gasteiger charge is -2.40. The molecule has 94 heavy (non-hydrogen) atoms. The number of carboxylic acids is 3. The number of aliphatic hydroxyl groups is 3. The van der Waals surface area contributed by atoms with Crippen LogP contribution in [0.5, 0.6) is 5.75 Å². The van der Waals surface area contributed by atoms with Gasteiger partial charge < -0.3 is 93.5 Å². The summed E-state index contributed by atoms with van der Waals surface area (Å²) in [4.78, 5) is 137. The molecule has 0 aliphatic carbocycles. The molecule has 0 radical (unpaired) electrons. The number of urea groups is 1. The number of aliphatic hydroxyl groups excluding tert-OH is 3. The number of guanidine groups is 1. The van der Waals surface area contributed by atoms with Crippen LogP contribution in [0.15, 0.2) is 83.9 Å². The van der Waals surface area contributed by atoms with Crippen LogP contribution in [-0.2, 0) is 59.2 Å². The van der Waals surface area contributed by atoms with Crippen molar-refractivity contribution in [2.24, 2.45) is 10.7 Å². The van der Waals surface area contributed by atoms with Gasteiger partial charge in [-0.15, -0.1) is 0 Å². The number of rotatable bonds is 33. The Morgan fingerprint density at radius 3 is 1.79 bits per heavy atom. The fourth-order valence-electron chi connectivity index (χ4n) is 10.0. The molecule has 0 bridgehead atoms. The van der Waals surface area contributed by atoms with Crippen LogP contribution >= 0.6 is 0 Å². The van der Waals surface area contributed by atoms with Gasteiger partial charge in [-0.3, -0.25) is 62.8 Å². The maximum absolute atomic E-state index is 14.5. The lowest BCUT2D eigenvalue weighted by molar-refractivity contribution is -0.219. The molecule has 2 aliphatic heterocycles. The van der Waals surface area contributed by atoms with E-state index in [4.69, 9.17) is 15.2 Å². The van der Waals surface area contributed by atoms with Crippen LogP contribution in [0.2, 0.25) is 0 Å². The van der Waals surface area contributed by atoms with Gasteiger partial charge in [0.25, 0.3) is 5.91 Å². The Labute approximate surface area is 542 Å². The molecule has 8 amide bonds. The highest BCUT2D eigenvalue weighted by molar-refractivity contribution is 5.94. The number of aliphatic carboxylic acids is 3. The van der Waals surface area contributed by atoms with Crippen molar-refractivity contribution < 1.29 is 93.2 Å². The number of nitrogens with zero attached hydrogens (tertiary/aromatic N) is 5. The molecule has 516 valence electrons. The third-order valence-electron chi connectivity index (χ3n) is 15.0. The quantitative estimate of drug-likeness (QED) is 0.0158. The summed E-state index contributed by atoms with van der Waals surface area (Å²) in [6.07, 6.45) is -8.08. The molecule has 0 aromatic heterocycles. The summed E-state index contributed by atoms with van der Waals surface area (Å²) in [6.45, 7) is 1.41. The number of aromatic hydroxyl groups is 1. The van der Waals surface area contributed by atoms with Crippen molar-refractivity contribution in [2.45, 2.75) is 81.6 Å². The van der Waals surface area contributed by atoms with Gasteiger partial charge in [0.15, 0.2) is 12.1 Å². The van der Waals surface area contributed by atoms with E-state index in [0.29, 0.717) is 28.8 Å². The molecule has 5 rings (SSSR count). The Morgan fingerprint density at radius 2 is 1.19 bits per heavy atom. The molecule has 5 unspecified atom stereocenters. The SMILES string of the molecule is CCC(=O)NCCNC(=O)/N=C(/N)NCCC[C@@H](NC(=O)[C@H](c1ccccc1)c1cccc(NC(=O)CCOCCNC(=O)C2OC(CNC(=O)CN3CCN(CC(=O)O)CCN(CC(=O)O)CCN(CC(=O)O)CC3)C(O)C(O)C2O)c1)C(=O)NCc1ccc(O)cc1. The summed E-state index contributed by atoms with van der Waals surface area (Å²) in [5, 5.41) is 92.2. The molecule has 0 spiro atoms. The fourth-order valence-corrected chi connectivity index (χ4v) is 10.0. The Balaban J connectivity index is 1.11. The standard InChI is InChI=1S/C61H88N14O19/c1-2-46(77)63-19-20-66-61(92)71-60(62)65-18-7-12-44(57(89)68-33-39-13-15-43(76)16-14-39)70-58(90)52(40-8-4-3-5-9-40)41-10-6-11-42(32-41)69-47(78)17-30-93-31-21-64-59(91)56-55(88)54(87)53(86)45(94-56)34-67-48(79)35-72-22-24-73(36-49(80)81)26-28-75(38-51(84)85)29-27-74(25-23-72)37-50(82)83/h3-6,8-11,13-16,32,44-45,52-56,76,86-88H,2,7,12,17-31,33-38H2,1H3,(H,63,77)(H,64,91)(H,67,79)(H,68,89)(H,69,78)(H,70,90)(H,80,81)(H,82,83)(H,84,85)(H4,62,65,66,71,92)/t44-,45?,52-,53?,54?,55?,56?/m1/s1. The van der Waals surface area contributed by atoms with Gasteiger partial charge in [-0.2, -0.15) is 4.99 Å². The Bertz CT molecular complexity index is 2970. The molecule has 2 fully saturated rings. The van der Waals surface area contributed by atoms with E-state index in [9.17, 15) is 83.7 Å². The van der Waals surface area contributed by atoms with Crippen molar-refractivity contribution in [3.8, 4) is 5.75 Å². The third kappa shape index (κ3) is 27.7. The summed E-state index contributed by atoms with van der Waals surface area (Å²) in [5.41, 5.74) is 7.99. The summed E-state index contributed by atoms with van der Waals surface area (Å²) < 4.78 is 11.3. The minimum absolute atomic E-state index is 0.0424. The number of anilines is 1. The number of carboxylic acid groups (broad SMARTS) is 3. The van der Waals surface area contributed by atoms with E-state index in [2.05, 4.69) is 47.5 Å². The van der Waals surface area contributed by atoms with E-state index in [0.717, 1.165) is 0 Å². The minimum Gasteiger partial charge on any atom is -0.508 e. The van der Waals surface area contributed by atoms with Gasteiger partial charge in [-0.1, -0.05) is 61.5 Å². The number of phenolic OH excluding ortho intramolecular Hbond substituents is 1. The van der Waals surface area contributed by atoms with Crippen molar-refractivity contribution in [2.75, 3.05) is 130 Å². The van der Waals surface area contributed by atoms with Crippen LogP contribution in [0.4, 0.5) is 10.5 Å². The predicted octanol–water partition coefficient (Wildman–Crippen LogP) is -3.85. The molecule has 33 heteroatoms. The van der Waals surface area contributed by atoms with Crippen LogP contribution in [0.3, 0.4) is 0 Å². The first-order valence-electron chi connectivity index (χ1n) is 30.8. The van der Waals surface area contributed by atoms with Crippen LogP contribution in [0.1, 0.15) is 55.2 Å². The van der Waals surface area contributed by atoms with Crippen molar-refractivity contribution in [1.82, 2.24) is 56.8 Å². The maximum Gasteiger partial charge on any atom is 0.344 e. The number of hydrogen-bond donors (Lipinski definition) is 16. The van der Waals surface area contributed by atoms with E-state index >= 15 is 0 Å². The summed E-state index contributed by atoms with van der Waals surface area (Å²) in [7, 11) is 0. The monoisotopic (exact) mass is 1320 g/mol. The van der Waals surface area contributed by atoms with Gasteiger partial charge in [0, 0.05) is 104 Å². The second-order valence-corrected chi connectivity index (χ2v) is 22.3. The maximum atomic E-state index is 14.5. The number of carbonyl (C=O) groups is 10. The normalized spacial score (nSPS) is 19.3. The zero-order chi connectivity index (χ0) is 68.5. The Kier molecular flexibility index (Phi) is 32.4. The van der Waals surface area contributed by atoms with Crippen molar-refractivity contribution in [3.05, 3.63) is 95.6 Å². The highest BCUT2D eigenvalue weighted by atomic mass is 16.5. The average Bonchev–Trinajstić information content (AvgIpc) is 0.836. The number of nitrogens with two attached hydrogens (primary N) is 1. The van der Waals surface area contributed by atoms with Gasteiger partial charge in [-0.25, -0.2) is 4.79 Å². The van der Waals surface area contributed by atoms with E-state index in [1.165, 1.54) is 12.1 Å². The van der Waals surface area contributed by atoms with Crippen LogP contribution < -0.4 is 48.3 Å². The van der Waals surface area contributed by atoms with Crippen molar-refractivity contribution in [1.29, 1.82) is 0 Å². The van der Waals surface area contributed by atoms with E-state index in [1.54, 1.807) is 93.3 Å². The lowest BCUT2D eigenvalue weighted by Crippen LogP contribution is -2.63. The first kappa shape index (κ1) is 75.8. The molecular weight excluding hydrogens is 1230 g/mol. The summed E-state index contributed by atoms with van der Waals surface area (Å²) >= 11 is 0. The summed E-state index contributed by atoms with van der Waals surface area (Å²) in [6, 6.07) is 19.8. The molecule has 7 atom stereocenters. The zero-order valence-corrected chi connectivity index (χ0v) is 52.4. The highest BCUT2D eigenvalue weighted by Crippen LogP contribution is 2.28. The number of aliphatic imine (C=N–C) groups is 1. The largest absolute Gasteiger partial charge is 0.508 e. The predicted molar refractivity (Wildman–Crippen MR) is 338 cm³/mol. The molecule has 17 N–H and O–H groups in total. The molecular formula is C61H88N14O19. The van der Waals surface area contributed by atoms with Gasteiger partial charge in [0.05, 0.1) is 51.7 Å².